The number of aliphatic imine (C=N–C) groups is 1. The molecule has 0 radical (unpaired) electrons. The Hall–Kier alpha value is -0.0800. The molecule has 24 heavy (non-hydrogen) atoms. The minimum Gasteiger partial charge on any atom is -0.378 e. The average Bonchev–Trinajstić information content (AvgIpc) is 2.60. The van der Waals surface area contributed by atoms with Crippen molar-refractivity contribution >= 4 is 29.9 Å². The molecule has 142 valence electrons. The van der Waals surface area contributed by atoms with Crippen LogP contribution in [0.2, 0.25) is 0 Å². The topological polar surface area (TPSA) is 40.1 Å². The number of nitrogens with one attached hydrogen (secondary N) is 1. The first-order valence-corrected chi connectivity index (χ1v) is 9.52. The maximum atomic E-state index is 5.73. The van der Waals surface area contributed by atoms with Crippen molar-refractivity contribution in [3.8, 4) is 0 Å². The van der Waals surface area contributed by atoms with Crippen molar-refractivity contribution in [2.24, 2.45) is 4.99 Å². The van der Waals surface area contributed by atoms with E-state index in [1.54, 1.807) is 0 Å². The van der Waals surface area contributed by atoms with Gasteiger partial charge >= 0.3 is 0 Å². The lowest BCUT2D eigenvalue weighted by Crippen LogP contribution is -2.49. The quantitative estimate of drug-likeness (QED) is 0.382. The van der Waals surface area contributed by atoms with Crippen molar-refractivity contribution in [3.63, 3.8) is 0 Å². The molecule has 1 heterocycles. The van der Waals surface area contributed by atoms with Crippen LogP contribution in [0.25, 0.3) is 0 Å². The second-order valence-electron chi connectivity index (χ2n) is 6.89. The van der Waals surface area contributed by atoms with Crippen LogP contribution in [0.4, 0.5) is 0 Å². The van der Waals surface area contributed by atoms with Crippen LogP contribution in [0.15, 0.2) is 4.99 Å². The van der Waals surface area contributed by atoms with Gasteiger partial charge in [-0.05, 0) is 39.7 Å². The summed E-state index contributed by atoms with van der Waals surface area (Å²) >= 11 is 0. The summed E-state index contributed by atoms with van der Waals surface area (Å²) in [5, 5.41) is 3.55. The number of hydrogen-bond acceptors (Lipinski definition) is 3. The highest BCUT2D eigenvalue weighted by Gasteiger charge is 2.22. The molecule has 0 aromatic heterocycles. The number of ether oxygens (including phenoxy) is 1. The standard InChI is InChI=1S/C18H36N4O.HI/c1-4-23-17-10-13-22(14-11-17)18(19-2)20-12-15-21(3)16-8-6-5-7-9-16;/h16-17H,4-15H2,1-3H3,(H,19,20);1H. The largest absolute Gasteiger partial charge is 0.378 e. The molecule has 0 unspecified atom stereocenters. The molecule has 0 amide bonds. The number of nitrogens with zero attached hydrogens (tertiary/aromatic N) is 3. The van der Waals surface area contributed by atoms with E-state index in [4.69, 9.17) is 4.74 Å². The molecular weight excluding hydrogens is 415 g/mol. The van der Waals surface area contributed by atoms with E-state index in [1.165, 1.54) is 32.1 Å². The molecule has 1 N–H and O–H groups in total. The molecule has 0 atom stereocenters. The molecular formula is C18H37IN4O. The zero-order valence-corrected chi connectivity index (χ0v) is 18.1. The smallest absolute Gasteiger partial charge is 0.193 e. The fourth-order valence-corrected chi connectivity index (χ4v) is 3.85. The highest BCUT2D eigenvalue weighted by Crippen LogP contribution is 2.21. The van der Waals surface area contributed by atoms with Crippen molar-refractivity contribution in [2.45, 2.75) is 64.0 Å². The second-order valence-corrected chi connectivity index (χ2v) is 6.89. The molecule has 1 aliphatic carbocycles. The maximum Gasteiger partial charge on any atom is 0.193 e. The fraction of sp³-hybridized carbons (Fsp3) is 0.944. The summed E-state index contributed by atoms with van der Waals surface area (Å²) < 4.78 is 5.73. The predicted octanol–water partition coefficient (Wildman–Crippen LogP) is 2.95. The zero-order valence-electron chi connectivity index (χ0n) is 15.8. The third-order valence-electron chi connectivity index (χ3n) is 5.30. The van der Waals surface area contributed by atoms with E-state index in [0.29, 0.717) is 6.10 Å². The van der Waals surface area contributed by atoms with Gasteiger partial charge in [-0.2, -0.15) is 0 Å². The summed E-state index contributed by atoms with van der Waals surface area (Å²) in [6.07, 6.45) is 9.62. The Morgan fingerprint density at radius 3 is 2.42 bits per heavy atom. The molecule has 2 rings (SSSR count). The van der Waals surface area contributed by atoms with Gasteiger partial charge in [-0.3, -0.25) is 4.99 Å². The van der Waals surface area contributed by atoms with Gasteiger partial charge in [-0.15, -0.1) is 24.0 Å². The summed E-state index contributed by atoms with van der Waals surface area (Å²) in [5.74, 6) is 1.05. The highest BCUT2D eigenvalue weighted by molar-refractivity contribution is 14.0. The van der Waals surface area contributed by atoms with Crippen molar-refractivity contribution in [1.29, 1.82) is 0 Å². The molecule has 1 aliphatic heterocycles. The van der Waals surface area contributed by atoms with Crippen LogP contribution < -0.4 is 5.32 Å². The molecule has 0 aromatic carbocycles. The third kappa shape index (κ3) is 7.04. The van der Waals surface area contributed by atoms with Crippen LogP contribution in [0.1, 0.15) is 51.9 Å². The van der Waals surface area contributed by atoms with E-state index in [1.807, 2.05) is 7.05 Å². The van der Waals surface area contributed by atoms with Gasteiger partial charge in [0.05, 0.1) is 6.10 Å². The number of likely N-dealkylation sites (N-methyl/N-ethyl adjacent to an activating group) is 1. The van der Waals surface area contributed by atoms with Crippen molar-refractivity contribution in [1.82, 2.24) is 15.1 Å². The summed E-state index contributed by atoms with van der Waals surface area (Å²) in [7, 11) is 4.16. The molecule has 6 heteroatoms. The minimum absolute atomic E-state index is 0. The van der Waals surface area contributed by atoms with Crippen LogP contribution in [-0.4, -0.2) is 74.8 Å². The monoisotopic (exact) mass is 452 g/mol. The molecule has 0 bridgehead atoms. The van der Waals surface area contributed by atoms with E-state index in [9.17, 15) is 0 Å². The van der Waals surface area contributed by atoms with Crippen LogP contribution in [0.5, 0.6) is 0 Å². The number of rotatable bonds is 6. The molecule has 1 saturated carbocycles. The number of likely N-dealkylation sites (tertiary alicyclic amines) is 1. The van der Waals surface area contributed by atoms with Crippen LogP contribution in [0.3, 0.4) is 0 Å². The Morgan fingerprint density at radius 1 is 1.17 bits per heavy atom. The maximum absolute atomic E-state index is 5.73. The average molecular weight is 452 g/mol. The van der Waals surface area contributed by atoms with E-state index < -0.39 is 0 Å². The number of guanidine groups is 1. The molecule has 1 saturated heterocycles. The second kappa shape index (κ2) is 12.3. The Balaban J connectivity index is 0.00000288. The molecule has 0 spiro atoms. The SMILES string of the molecule is CCOC1CCN(C(=NC)NCCN(C)C2CCCCC2)CC1.I. The van der Waals surface area contributed by atoms with Gasteiger partial charge in [0.1, 0.15) is 0 Å². The minimum atomic E-state index is 0. The Kier molecular flexibility index (Phi) is 11.3. The predicted molar refractivity (Wildman–Crippen MR) is 113 cm³/mol. The van der Waals surface area contributed by atoms with Crippen LogP contribution in [0, 0.1) is 0 Å². The van der Waals surface area contributed by atoms with Crippen molar-refractivity contribution in [3.05, 3.63) is 0 Å². The molecule has 2 aliphatic rings. The van der Waals surface area contributed by atoms with Crippen LogP contribution >= 0.6 is 24.0 Å². The van der Waals surface area contributed by atoms with Gasteiger partial charge < -0.3 is 19.9 Å². The Morgan fingerprint density at radius 2 is 1.83 bits per heavy atom. The normalized spacial score (nSPS) is 21.0. The highest BCUT2D eigenvalue weighted by atomic mass is 127. The lowest BCUT2D eigenvalue weighted by molar-refractivity contribution is 0.0263. The summed E-state index contributed by atoms with van der Waals surface area (Å²) in [6, 6.07) is 0.787. The molecule has 2 fully saturated rings. The summed E-state index contributed by atoms with van der Waals surface area (Å²) in [4.78, 5) is 9.36. The van der Waals surface area contributed by atoms with Gasteiger partial charge in [0.2, 0.25) is 0 Å². The van der Waals surface area contributed by atoms with Gasteiger partial charge in [-0.1, -0.05) is 19.3 Å². The lowest BCUT2D eigenvalue weighted by atomic mass is 9.94. The van der Waals surface area contributed by atoms with Gasteiger partial charge in [0.15, 0.2) is 5.96 Å². The molecule has 5 nitrogen and oxygen atoms in total. The number of piperidine rings is 1. The van der Waals surface area contributed by atoms with E-state index >= 15 is 0 Å². The number of hydrogen-bond donors (Lipinski definition) is 1. The Bertz CT molecular complexity index is 353. The lowest BCUT2D eigenvalue weighted by Gasteiger charge is -2.35. The summed E-state index contributed by atoms with van der Waals surface area (Å²) in [5.41, 5.74) is 0. The van der Waals surface area contributed by atoms with Gasteiger partial charge in [0, 0.05) is 45.9 Å². The van der Waals surface area contributed by atoms with Crippen molar-refractivity contribution in [2.75, 3.05) is 46.9 Å². The van der Waals surface area contributed by atoms with E-state index in [0.717, 1.165) is 57.6 Å². The molecule has 0 aromatic rings. The van der Waals surface area contributed by atoms with Gasteiger partial charge in [0.25, 0.3) is 0 Å². The first-order chi connectivity index (χ1) is 11.2. The first kappa shape index (κ1) is 22.0. The first-order valence-electron chi connectivity index (χ1n) is 9.52. The number of halogens is 1. The Labute approximate surface area is 165 Å². The third-order valence-corrected chi connectivity index (χ3v) is 5.30. The summed E-state index contributed by atoms with van der Waals surface area (Å²) in [6.45, 7) is 7.07. The van der Waals surface area contributed by atoms with Crippen molar-refractivity contribution < 1.29 is 4.74 Å². The van der Waals surface area contributed by atoms with E-state index in [2.05, 4.69) is 34.1 Å². The zero-order chi connectivity index (χ0) is 16.5. The fourth-order valence-electron chi connectivity index (χ4n) is 3.85. The van der Waals surface area contributed by atoms with E-state index in [-0.39, 0.29) is 24.0 Å². The van der Waals surface area contributed by atoms with Crippen LogP contribution in [-0.2, 0) is 4.74 Å². The van der Waals surface area contributed by atoms with Gasteiger partial charge in [-0.25, -0.2) is 0 Å².